The fraction of sp³-hybridized carbons (Fsp3) is 0.263. The molecule has 2 aromatic rings. The molecule has 1 atom stereocenters. The molecule has 2 rings (SSSR count). The van der Waals surface area contributed by atoms with Crippen molar-refractivity contribution >= 4 is 11.9 Å². The summed E-state index contributed by atoms with van der Waals surface area (Å²) in [5, 5.41) is 13.4. The summed E-state index contributed by atoms with van der Waals surface area (Å²) < 4.78 is 0. The van der Waals surface area contributed by atoms with Crippen LogP contribution >= 0.6 is 0 Å². The molecule has 0 aliphatic rings. The number of guanidine groups is 1. The molecule has 9 heteroatoms. The first-order valence-corrected chi connectivity index (χ1v) is 8.81. The fourth-order valence-electron chi connectivity index (χ4n) is 3.12. The van der Waals surface area contributed by atoms with Crippen LogP contribution in [0.5, 0.6) is 0 Å². The van der Waals surface area contributed by atoms with Crippen molar-refractivity contribution in [1.82, 2.24) is 4.90 Å². The third kappa shape index (κ3) is 5.27. The molecule has 9 nitrogen and oxygen atoms in total. The first kappa shape index (κ1) is 20.8. The standard InChI is InChI=1S/C19H24N6O3/c20-13-7-12-16(18(21)26)24(19(22)23-25(27)28)17(14-8-3-1-4-9-14)15-10-5-2-6-11-15/h1-6,8-11,16-17H,7,12-13,20H2,(H2,21,26)(H2,22,23)/t16-/m0/s1. The van der Waals surface area contributed by atoms with Gasteiger partial charge in [0.2, 0.25) is 5.91 Å². The van der Waals surface area contributed by atoms with Crippen molar-refractivity contribution in [3.8, 4) is 0 Å². The van der Waals surface area contributed by atoms with Gasteiger partial charge < -0.3 is 22.1 Å². The molecule has 0 radical (unpaired) electrons. The maximum Gasteiger partial charge on any atom is 0.270 e. The molecule has 0 aliphatic carbocycles. The summed E-state index contributed by atoms with van der Waals surface area (Å²) in [5.74, 6) is -1.06. The summed E-state index contributed by atoms with van der Waals surface area (Å²) in [5.41, 5.74) is 18.8. The minimum absolute atomic E-state index is 0.288. The lowest BCUT2D eigenvalue weighted by atomic mass is 9.94. The van der Waals surface area contributed by atoms with E-state index in [1.807, 2.05) is 60.7 Å². The predicted octanol–water partition coefficient (Wildman–Crippen LogP) is 1.18. The van der Waals surface area contributed by atoms with E-state index in [9.17, 15) is 14.9 Å². The number of nitrogens with two attached hydrogens (primary N) is 3. The first-order chi connectivity index (χ1) is 13.5. The normalized spacial score (nSPS) is 12.6. The molecule has 0 aromatic heterocycles. The number of nitrogens with zero attached hydrogens (tertiary/aromatic N) is 3. The molecular formula is C19H24N6O3. The molecule has 0 saturated heterocycles. The van der Waals surface area contributed by atoms with Crippen LogP contribution in [-0.2, 0) is 4.79 Å². The van der Waals surface area contributed by atoms with Crippen molar-refractivity contribution in [3.05, 3.63) is 81.9 Å². The van der Waals surface area contributed by atoms with Gasteiger partial charge in [-0.3, -0.25) is 4.79 Å². The molecule has 28 heavy (non-hydrogen) atoms. The van der Waals surface area contributed by atoms with Gasteiger partial charge in [0.25, 0.3) is 5.96 Å². The Morgan fingerprint density at radius 2 is 1.54 bits per heavy atom. The van der Waals surface area contributed by atoms with Crippen molar-refractivity contribution in [2.75, 3.05) is 6.54 Å². The highest BCUT2D eigenvalue weighted by Crippen LogP contribution is 2.31. The van der Waals surface area contributed by atoms with Crippen molar-refractivity contribution in [1.29, 1.82) is 0 Å². The third-order valence-corrected chi connectivity index (χ3v) is 4.30. The van der Waals surface area contributed by atoms with Gasteiger partial charge in [-0.2, -0.15) is 0 Å². The zero-order valence-corrected chi connectivity index (χ0v) is 15.3. The topological polar surface area (TPSA) is 154 Å². The number of hydrazone groups is 1. The summed E-state index contributed by atoms with van der Waals surface area (Å²) in [7, 11) is 0. The van der Waals surface area contributed by atoms with Crippen molar-refractivity contribution in [2.24, 2.45) is 22.3 Å². The smallest absolute Gasteiger partial charge is 0.270 e. The van der Waals surface area contributed by atoms with E-state index in [4.69, 9.17) is 17.2 Å². The minimum atomic E-state index is -0.919. The molecule has 0 bridgehead atoms. The van der Waals surface area contributed by atoms with Gasteiger partial charge in [0.05, 0.1) is 6.04 Å². The zero-order chi connectivity index (χ0) is 20.5. The summed E-state index contributed by atoms with van der Waals surface area (Å²) in [6.07, 6.45) is 0.780. The molecule has 148 valence electrons. The highest BCUT2D eigenvalue weighted by Gasteiger charge is 2.34. The Morgan fingerprint density at radius 3 is 1.93 bits per heavy atom. The van der Waals surface area contributed by atoms with Crippen LogP contribution in [0.25, 0.3) is 0 Å². The Bertz CT molecular complexity index is 773. The van der Waals surface area contributed by atoms with Crippen LogP contribution in [0.4, 0.5) is 0 Å². The number of benzene rings is 2. The fourth-order valence-corrected chi connectivity index (χ4v) is 3.12. The maximum absolute atomic E-state index is 12.3. The van der Waals surface area contributed by atoms with Gasteiger partial charge in [0.15, 0.2) is 5.03 Å². The van der Waals surface area contributed by atoms with Crippen molar-refractivity contribution < 1.29 is 9.83 Å². The molecule has 6 N–H and O–H groups in total. The molecule has 1 amide bonds. The van der Waals surface area contributed by atoms with E-state index >= 15 is 0 Å². The molecular weight excluding hydrogens is 360 g/mol. The summed E-state index contributed by atoms with van der Waals surface area (Å²) in [6.45, 7) is 0.339. The first-order valence-electron chi connectivity index (χ1n) is 8.81. The highest BCUT2D eigenvalue weighted by atomic mass is 16.7. The Labute approximate surface area is 163 Å². The van der Waals surface area contributed by atoms with Crippen LogP contribution < -0.4 is 17.2 Å². The van der Waals surface area contributed by atoms with Gasteiger partial charge in [-0.05, 0) is 30.5 Å². The number of carbonyl (C=O) groups is 1. The predicted molar refractivity (Wildman–Crippen MR) is 106 cm³/mol. The maximum atomic E-state index is 12.3. The van der Waals surface area contributed by atoms with Crippen LogP contribution in [0.1, 0.15) is 30.0 Å². The summed E-state index contributed by atoms with van der Waals surface area (Å²) in [4.78, 5) is 24.7. The van der Waals surface area contributed by atoms with E-state index in [-0.39, 0.29) is 6.42 Å². The van der Waals surface area contributed by atoms with Gasteiger partial charge in [-0.15, -0.1) is 0 Å². The quantitative estimate of drug-likeness (QED) is 0.255. The lowest BCUT2D eigenvalue weighted by Crippen LogP contribution is -2.53. The van der Waals surface area contributed by atoms with Gasteiger partial charge in [0.1, 0.15) is 11.1 Å². The van der Waals surface area contributed by atoms with Gasteiger partial charge in [0, 0.05) is 0 Å². The van der Waals surface area contributed by atoms with E-state index in [0.29, 0.717) is 13.0 Å². The summed E-state index contributed by atoms with van der Waals surface area (Å²) >= 11 is 0. The van der Waals surface area contributed by atoms with E-state index in [2.05, 4.69) is 5.10 Å². The number of hydrogen-bond donors (Lipinski definition) is 3. The monoisotopic (exact) mass is 384 g/mol. The number of carbonyl (C=O) groups excluding carboxylic acids is 1. The molecule has 0 fully saturated rings. The van der Waals surface area contributed by atoms with Gasteiger partial charge in [-0.1, -0.05) is 60.7 Å². The molecule has 0 spiro atoms. The Balaban J connectivity index is 2.67. The number of hydrogen-bond acceptors (Lipinski definition) is 4. The second kappa shape index (κ2) is 10.0. The van der Waals surface area contributed by atoms with Crippen LogP contribution in [0, 0.1) is 10.1 Å². The van der Waals surface area contributed by atoms with E-state index in [0.717, 1.165) is 11.1 Å². The van der Waals surface area contributed by atoms with Gasteiger partial charge >= 0.3 is 0 Å². The molecule has 2 aromatic carbocycles. The molecule has 0 unspecified atom stereocenters. The second-order valence-electron chi connectivity index (χ2n) is 6.18. The largest absolute Gasteiger partial charge is 0.368 e. The number of rotatable bonds is 9. The average Bonchev–Trinajstić information content (AvgIpc) is 2.68. The van der Waals surface area contributed by atoms with Crippen LogP contribution in [0.15, 0.2) is 65.8 Å². The lowest BCUT2D eigenvalue weighted by Gasteiger charge is -2.37. The number of nitro groups is 1. The minimum Gasteiger partial charge on any atom is -0.368 e. The highest BCUT2D eigenvalue weighted by molar-refractivity contribution is 5.87. The number of amides is 1. The summed E-state index contributed by atoms with van der Waals surface area (Å²) in [6, 6.07) is 16.9. The van der Waals surface area contributed by atoms with Gasteiger partial charge in [-0.25, -0.2) is 10.1 Å². The average molecular weight is 384 g/mol. The zero-order valence-electron chi connectivity index (χ0n) is 15.3. The second-order valence-corrected chi connectivity index (χ2v) is 6.18. The Morgan fingerprint density at radius 1 is 1.04 bits per heavy atom. The van der Waals surface area contributed by atoms with Crippen LogP contribution in [-0.4, -0.2) is 34.4 Å². The Hall–Kier alpha value is -3.46. The lowest BCUT2D eigenvalue weighted by molar-refractivity contribution is -0.485. The van der Waals surface area contributed by atoms with E-state index in [1.165, 1.54) is 4.90 Å². The van der Waals surface area contributed by atoms with E-state index < -0.39 is 29.0 Å². The molecule has 0 saturated carbocycles. The van der Waals surface area contributed by atoms with Crippen molar-refractivity contribution in [3.63, 3.8) is 0 Å². The SMILES string of the molecule is NCCC[C@@H](C(N)=O)N(C(N)=N[N+](=O)[O-])C(c1ccccc1)c1ccccc1. The van der Waals surface area contributed by atoms with E-state index in [1.54, 1.807) is 0 Å². The third-order valence-electron chi connectivity index (χ3n) is 4.30. The molecule has 0 aliphatic heterocycles. The van der Waals surface area contributed by atoms with Crippen LogP contribution in [0.3, 0.4) is 0 Å². The number of primary amides is 1. The van der Waals surface area contributed by atoms with Crippen LogP contribution in [0.2, 0.25) is 0 Å². The molecule has 0 heterocycles. The van der Waals surface area contributed by atoms with Crippen molar-refractivity contribution in [2.45, 2.75) is 24.9 Å². The Kier molecular flexibility index (Phi) is 7.46.